The fraction of sp³-hybridized carbons (Fsp3) is 0.0833. The van der Waals surface area contributed by atoms with Crippen molar-refractivity contribution < 1.29 is 0 Å². The summed E-state index contributed by atoms with van der Waals surface area (Å²) in [6.07, 6.45) is 3.20. The van der Waals surface area contributed by atoms with Crippen LogP contribution in [0, 0.1) is 6.92 Å². The van der Waals surface area contributed by atoms with Crippen molar-refractivity contribution in [2.45, 2.75) is 6.92 Å². The first-order chi connectivity index (χ1) is 8.25. The second kappa shape index (κ2) is 3.55. The van der Waals surface area contributed by atoms with Crippen LogP contribution < -0.4 is 5.56 Å². The lowest BCUT2D eigenvalue weighted by molar-refractivity contribution is 0.993. The summed E-state index contributed by atoms with van der Waals surface area (Å²) in [5.41, 5.74) is 1.41. The van der Waals surface area contributed by atoms with Crippen molar-refractivity contribution in [1.82, 2.24) is 19.5 Å². The monoisotopic (exact) mass is 226 g/mol. The van der Waals surface area contributed by atoms with Crippen molar-refractivity contribution in [2.75, 3.05) is 0 Å². The van der Waals surface area contributed by atoms with E-state index in [2.05, 4.69) is 15.0 Å². The number of aromatic nitrogens is 4. The molecule has 1 N–H and O–H groups in total. The third-order valence-corrected chi connectivity index (χ3v) is 2.61. The minimum Gasteiger partial charge on any atom is -0.313 e. The third-order valence-electron chi connectivity index (χ3n) is 2.61. The summed E-state index contributed by atoms with van der Waals surface area (Å²) < 4.78 is 1.80. The number of hydrogen-bond acceptors (Lipinski definition) is 3. The Hall–Kier alpha value is -2.43. The van der Waals surface area contributed by atoms with E-state index in [0.717, 1.165) is 11.5 Å². The number of aromatic amines is 1. The lowest BCUT2D eigenvalue weighted by atomic mass is 10.4. The van der Waals surface area contributed by atoms with Crippen molar-refractivity contribution in [2.24, 2.45) is 0 Å². The largest absolute Gasteiger partial charge is 0.313 e. The van der Waals surface area contributed by atoms with Gasteiger partial charge < -0.3 is 4.98 Å². The normalized spacial score (nSPS) is 10.9. The van der Waals surface area contributed by atoms with Crippen LogP contribution >= 0.6 is 0 Å². The lowest BCUT2D eigenvalue weighted by Gasteiger charge is -2.03. The Balaban J connectivity index is 2.32. The summed E-state index contributed by atoms with van der Waals surface area (Å²) in [4.78, 5) is 22.7. The van der Waals surface area contributed by atoms with Gasteiger partial charge in [-0.2, -0.15) is 0 Å². The highest BCUT2D eigenvalue weighted by molar-refractivity contribution is 5.76. The first kappa shape index (κ1) is 9.77. The van der Waals surface area contributed by atoms with Crippen LogP contribution in [0.5, 0.6) is 0 Å². The van der Waals surface area contributed by atoms with Gasteiger partial charge in [0.15, 0.2) is 5.65 Å². The standard InChI is InChI=1S/C12H10N4O/c1-8-3-2-4-10(15-8)16-6-5-9-11(16)13-7-14-12(9)17/h2-7H,1H3,(H,13,14,17). The van der Waals surface area contributed by atoms with E-state index in [-0.39, 0.29) is 5.56 Å². The van der Waals surface area contributed by atoms with Crippen molar-refractivity contribution in [3.8, 4) is 5.82 Å². The van der Waals surface area contributed by atoms with Crippen molar-refractivity contribution >= 4 is 11.0 Å². The summed E-state index contributed by atoms with van der Waals surface area (Å²) >= 11 is 0. The molecule has 0 unspecified atom stereocenters. The Morgan fingerprint density at radius 1 is 1.29 bits per heavy atom. The highest BCUT2D eigenvalue weighted by Gasteiger charge is 2.07. The van der Waals surface area contributed by atoms with E-state index in [9.17, 15) is 4.79 Å². The summed E-state index contributed by atoms with van der Waals surface area (Å²) in [6, 6.07) is 7.48. The molecule has 3 heterocycles. The lowest BCUT2D eigenvalue weighted by Crippen LogP contribution is -2.06. The quantitative estimate of drug-likeness (QED) is 0.682. The summed E-state index contributed by atoms with van der Waals surface area (Å²) in [5, 5.41) is 0.566. The minimum atomic E-state index is -0.138. The Bertz CT molecular complexity index is 741. The second-order valence-electron chi connectivity index (χ2n) is 3.79. The SMILES string of the molecule is Cc1cccc(-n2ccc3c(=O)[nH]cnc32)n1. The molecular weight excluding hydrogens is 216 g/mol. The van der Waals surface area contributed by atoms with Gasteiger partial charge in [-0.05, 0) is 25.1 Å². The Labute approximate surface area is 96.8 Å². The van der Waals surface area contributed by atoms with Crippen molar-refractivity contribution in [3.05, 3.63) is 52.8 Å². The molecule has 0 atom stereocenters. The number of H-pyrrole nitrogens is 1. The highest BCUT2D eigenvalue weighted by Crippen LogP contribution is 2.13. The van der Waals surface area contributed by atoms with E-state index in [4.69, 9.17) is 0 Å². The molecule has 0 amide bonds. The number of fused-ring (bicyclic) bond motifs is 1. The zero-order valence-electron chi connectivity index (χ0n) is 9.21. The van der Waals surface area contributed by atoms with Gasteiger partial charge in [0, 0.05) is 11.9 Å². The maximum Gasteiger partial charge on any atom is 0.260 e. The van der Waals surface area contributed by atoms with Crippen molar-refractivity contribution in [3.63, 3.8) is 0 Å². The van der Waals surface area contributed by atoms with E-state index in [1.807, 2.05) is 25.1 Å². The van der Waals surface area contributed by atoms with Gasteiger partial charge in [0.1, 0.15) is 5.82 Å². The highest BCUT2D eigenvalue weighted by atomic mass is 16.1. The van der Waals surface area contributed by atoms with Crippen LogP contribution in [0.3, 0.4) is 0 Å². The Morgan fingerprint density at radius 3 is 3.00 bits per heavy atom. The van der Waals surface area contributed by atoms with Crippen LogP contribution in [-0.2, 0) is 0 Å². The number of pyridine rings is 1. The van der Waals surface area contributed by atoms with Crippen LogP contribution in [0.1, 0.15) is 5.69 Å². The molecule has 0 radical (unpaired) electrons. The van der Waals surface area contributed by atoms with Crippen molar-refractivity contribution in [1.29, 1.82) is 0 Å². The van der Waals surface area contributed by atoms with Gasteiger partial charge >= 0.3 is 0 Å². The topological polar surface area (TPSA) is 63.6 Å². The maximum absolute atomic E-state index is 11.6. The average molecular weight is 226 g/mol. The predicted molar refractivity (Wildman–Crippen MR) is 64.2 cm³/mol. The zero-order valence-corrected chi connectivity index (χ0v) is 9.21. The molecule has 0 saturated carbocycles. The fourth-order valence-electron chi connectivity index (χ4n) is 1.81. The van der Waals surface area contributed by atoms with E-state index < -0.39 is 0 Å². The molecule has 17 heavy (non-hydrogen) atoms. The van der Waals surface area contributed by atoms with Gasteiger partial charge in [0.2, 0.25) is 0 Å². The van der Waals surface area contributed by atoms with Crippen LogP contribution in [0.15, 0.2) is 41.6 Å². The van der Waals surface area contributed by atoms with E-state index in [1.165, 1.54) is 6.33 Å². The molecule has 3 aromatic rings. The van der Waals surface area contributed by atoms with Crippen LogP contribution in [-0.4, -0.2) is 19.5 Å². The van der Waals surface area contributed by atoms with E-state index >= 15 is 0 Å². The molecule has 3 rings (SSSR count). The molecule has 0 bridgehead atoms. The maximum atomic E-state index is 11.6. The molecule has 0 aliphatic rings. The van der Waals surface area contributed by atoms with Gasteiger partial charge in [0.05, 0.1) is 11.7 Å². The average Bonchev–Trinajstić information content (AvgIpc) is 2.74. The molecule has 0 aliphatic carbocycles. The first-order valence-corrected chi connectivity index (χ1v) is 5.24. The van der Waals surface area contributed by atoms with E-state index in [0.29, 0.717) is 11.0 Å². The number of hydrogen-bond donors (Lipinski definition) is 1. The van der Waals surface area contributed by atoms with Crippen LogP contribution in [0.2, 0.25) is 0 Å². The molecule has 5 heteroatoms. The fourth-order valence-corrected chi connectivity index (χ4v) is 1.81. The molecule has 0 aromatic carbocycles. The molecule has 0 aliphatic heterocycles. The molecule has 84 valence electrons. The molecule has 5 nitrogen and oxygen atoms in total. The molecule has 0 fully saturated rings. The Kier molecular flexibility index (Phi) is 2.04. The molecule has 3 aromatic heterocycles. The van der Waals surface area contributed by atoms with Gasteiger partial charge in [-0.1, -0.05) is 6.07 Å². The van der Waals surface area contributed by atoms with Gasteiger partial charge in [-0.3, -0.25) is 9.36 Å². The van der Waals surface area contributed by atoms with Gasteiger partial charge in [-0.25, -0.2) is 9.97 Å². The summed E-state index contributed by atoms with van der Waals surface area (Å²) in [7, 11) is 0. The molecule has 0 saturated heterocycles. The zero-order chi connectivity index (χ0) is 11.8. The second-order valence-corrected chi connectivity index (χ2v) is 3.79. The van der Waals surface area contributed by atoms with Crippen LogP contribution in [0.25, 0.3) is 16.9 Å². The molecular formula is C12H10N4O. The number of aryl methyl sites for hydroxylation is 1. The summed E-state index contributed by atoms with van der Waals surface area (Å²) in [6.45, 7) is 1.93. The van der Waals surface area contributed by atoms with Crippen LogP contribution in [0.4, 0.5) is 0 Å². The minimum absolute atomic E-state index is 0.138. The van der Waals surface area contributed by atoms with Gasteiger partial charge in [-0.15, -0.1) is 0 Å². The third kappa shape index (κ3) is 1.52. The predicted octanol–water partition coefficient (Wildman–Crippen LogP) is 1.42. The number of nitrogens with one attached hydrogen (secondary N) is 1. The van der Waals surface area contributed by atoms with E-state index in [1.54, 1.807) is 16.8 Å². The first-order valence-electron chi connectivity index (χ1n) is 5.24. The number of rotatable bonds is 1. The smallest absolute Gasteiger partial charge is 0.260 e. The number of nitrogens with zero attached hydrogens (tertiary/aromatic N) is 3. The Morgan fingerprint density at radius 2 is 2.18 bits per heavy atom. The molecule has 0 spiro atoms. The summed E-state index contributed by atoms with van der Waals surface area (Å²) in [5.74, 6) is 0.762. The van der Waals surface area contributed by atoms with Gasteiger partial charge in [0.25, 0.3) is 5.56 Å².